The summed E-state index contributed by atoms with van der Waals surface area (Å²) in [4.78, 5) is 0. The monoisotopic (exact) mass is 278 g/mol. The Morgan fingerprint density at radius 3 is 2.61 bits per heavy atom. The Hall–Kier alpha value is -0.860. The zero-order valence-electron chi connectivity index (χ0n) is 10.8. The maximum Gasteiger partial charge on any atom is 0.279 e. The zero-order chi connectivity index (χ0) is 13.8. The van der Waals surface area contributed by atoms with Crippen LogP contribution in [0.1, 0.15) is 33.1 Å². The van der Waals surface area contributed by atoms with Crippen LogP contribution in [0.3, 0.4) is 0 Å². The van der Waals surface area contributed by atoms with Crippen LogP contribution < -0.4 is 10.5 Å². The molecule has 1 fully saturated rings. The summed E-state index contributed by atoms with van der Waals surface area (Å²) >= 11 is 0. The molecule has 0 aromatic rings. The van der Waals surface area contributed by atoms with Gasteiger partial charge in [-0.3, -0.25) is 0 Å². The molecular formula is C10H22N4O3S. The molecule has 106 valence electrons. The van der Waals surface area contributed by atoms with Crippen molar-refractivity contribution in [3.05, 3.63) is 0 Å². The van der Waals surface area contributed by atoms with Gasteiger partial charge in [0.2, 0.25) is 0 Å². The summed E-state index contributed by atoms with van der Waals surface area (Å²) in [6.07, 6.45) is 1.98. The minimum atomic E-state index is -3.47. The molecule has 1 saturated carbocycles. The molecule has 0 heterocycles. The van der Waals surface area contributed by atoms with Crippen LogP contribution in [-0.2, 0) is 10.2 Å². The lowest BCUT2D eigenvalue weighted by Crippen LogP contribution is -2.44. The smallest absolute Gasteiger partial charge is 0.279 e. The van der Waals surface area contributed by atoms with Gasteiger partial charge in [-0.05, 0) is 18.8 Å². The molecule has 7 nitrogen and oxygen atoms in total. The van der Waals surface area contributed by atoms with Gasteiger partial charge in [-0.2, -0.15) is 12.7 Å². The summed E-state index contributed by atoms with van der Waals surface area (Å²) in [5, 5.41) is 11.3. The van der Waals surface area contributed by atoms with Crippen LogP contribution in [0, 0.1) is 5.92 Å². The van der Waals surface area contributed by atoms with E-state index in [4.69, 9.17) is 10.9 Å². The van der Waals surface area contributed by atoms with E-state index < -0.39 is 10.2 Å². The van der Waals surface area contributed by atoms with Gasteiger partial charge in [0.05, 0.1) is 0 Å². The van der Waals surface area contributed by atoms with E-state index in [1.165, 1.54) is 4.31 Å². The van der Waals surface area contributed by atoms with Gasteiger partial charge in [-0.25, -0.2) is 4.72 Å². The second kappa shape index (κ2) is 6.35. The Morgan fingerprint density at radius 1 is 1.56 bits per heavy atom. The molecule has 4 N–H and O–H groups in total. The topological polar surface area (TPSA) is 108 Å². The Morgan fingerprint density at radius 2 is 2.17 bits per heavy atom. The highest BCUT2D eigenvalue weighted by Gasteiger charge is 2.36. The van der Waals surface area contributed by atoms with Crippen LogP contribution in [0.5, 0.6) is 0 Å². The summed E-state index contributed by atoms with van der Waals surface area (Å²) in [7, 11) is -3.47. The number of nitrogens with two attached hydrogens (primary N) is 1. The number of rotatable bonds is 8. The third-order valence-corrected chi connectivity index (χ3v) is 4.28. The fraction of sp³-hybridized carbons (Fsp3) is 0.900. The van der Waals surface area contributed by atoms with Gasteiger partial charge >= 0.3 is 0 Å². The van der Waals surface area contributed by atoms with Crippen LogP contribution in [0.4, 0.5) is 0 Å². The number of nitrogens with one attached hydrogen (secondary N) is 1. The Kier molecular flexibility index (Phi) is 5.36. The highest BCUT2D eigenvalue weighted by molar-refractivity contribution is 7.87. The largest absolute Gasteiger partial charge is 0.409 e. The first-order chi connectivity index (χ1) is 8.36. The number of hydrogen-bond acceptors (Lipinski definition) is 4. The minimum absolute atomic E-state index is 0.0414. The minimum Gasteiger partial charge on any atom is -0.409 e. The molecule has 0 unspecified atom stereocenters. The van der Waals surface area contributed by atoms with E-state index in [0.717, 1.165) is 12.8 Å². The lowest BCUT2D eigenvalue weighted by atomic mass is 10.2. The quantitative estimate of drug-likeness (QED) is 0.253. The highest BCUT2D eigenvalue weighted by atomic mass is 32.2. The molecule has 1 rings (SSSR count). The maximum atomic E-state index is 12.1. The van der Waals surface area contributed by atoms with Crippen LogP contribution in [0.2, 0.25) is 0 Å². The van der Waals surface area contributed by atoms with Crippen molar-refractivity contribution in [2.75, 3.05) is 13.1 Å². The number of hydrogen-bond donors (Lipinski definition) is 3. The van der Waals surface area contributed by atoms with E-state index in [1.54, 1.807) is 0 Å². The first kappa shape index (κ1) is 15.2. The zero-order valence-corrected chi connectivity index (χ0v) is 11.7. The lowest BCUT2D eigenvalue weighted by Gasteiger charge is -2.22. The first-order valence-corrected chi connectivity index (χ1v) is 7.53. The molecule has 0 amide bonds. The van der Waals surface area contributed by atoms with Crippen molar-refractivity contribution in [2.45, 2.75) is 39.2 Å². The molecule has 0 bridgehead atoms. The standard InChI is InChI=1S/C10H22N4O3S/c1-8(2)7-12-18(16,17)14(9-3-4-9)6-5-10(11)13-15/h8-9,12,15H,3-7H2,1-2H3,(H2,11,13). The Bertz CT molecular complexity index is 390. The van der Waals surface area contributed by atoms with E-state index in [-0.39, 0.29) is 30.8 Å². The van der Waals surface area contributed by atoms with Crippen molar-refractivity contribution in [1.29, 1.82) is 0 Å². The van der Waals surface area contributed by atoms with Crippen LogP contribution >= 0.6 is 0 Å². The van der Waals surface area contributed by atoms with Gasteiger partial charge in [-0.1, -0.05) is 19.0 Å². The van der Waals surface area contributed by atoms with E-state index in [0.29, 0.717) is 6.54 Å². The first-order valence-electron chi connectivity index (χ1n) is 6.09. The van der Waals surface area contributed by atoms with Gasteiger partial charge < -0.3 is 10.9 Å². The number of oxime groups is 1. The van der Waals surface area contributed by atoms with Gasteiger partial charge in [0, 0.05) is 25.6 Å². The molecule has 0 saturated heterocycles. The van der Waals surface area contributed by atoms with Crippen LogP contribution in [0.15, 0.2) is 5.16 Å². The van der Waals surface area contributed by atoms with E-state index in [9.17, 15) is 8.42 Å². The number of amidine groups is 1. The summed E-state index contributed by atoms with van der Waals surface area (Å²) in [6.45, 7) is 4.55. The van der Waals surface area contributed by atoms with Crippen molar-refractivity contribution in [3.63, 3.8) is 0 Å². The molecule has 0 aromatic carbocycles. The van der Waals surface area contributed by atoms with Gasteiger partial charge in [0.25, 0.3) is 10.2 Å². The van der Waals surface area contributed by atoms with Gasteiger partial charge in [-0.15, -0.1) is 0 Å². The molecule has 0 atom stereocenters. The van der Waals surface area contributed by atoms with Crippen molar-refractivity contribution in [3.8, 4) is 0 Å². The fourth-order valence-electron chi connectivity index (χ4n) is 1.49. The van der Waals surface area contributed by atoms with Crippen molar-refractivity contribution < 1.29 is 13.6 Å². The average molecular weight is 278 g/mol. The summed E-state index contributed by atoms with van der Waals surface area (Å²) in [5.74, 6) is 0.296. The molecule has 0 radical (unpaired) electrons. The molecular weight excluding hydrogens is 256 g/mol. The molecule has 1 aliphatic rings. The van der Waals surface area contributed by atoms with Crippen LogP contribution in [0.25, 0.3) is 0 Å². The maximum absolute atomic E-state index is 12.1. The Labute approximate surface area is 108 Å². The predicted molar refractivity (Wildman–Crippen MR) is 69.5 cm³/mol. The molecule has 0 aliphatic heterocycles. The van der Waals surface area contributed by atoms with E-state index in [2.05, 4.69) is 9.88 Å². The Balaban J connectivity index is 2.60. The molecule has 0 spiro atoms. The predicted octanol–water partition coefficient (Wildman–Crippen LogP) is 0.0777. The second-order valence-electron chi connectivity index (χ2n) is 4.93. The third-order valence-electron chi connectivity index (χ3n) is 2.65. The molecule has 1 aliphatic carbocycles. The van der Waals surface area contributed by atoms with Gasteiger partial charge in [0.1, 0.15) is 5.84 Å². The third kappa shape index (κ3) is 4.79. The lowest BCUT2D eigenvalue weighted by molar-refractivity contribution is 0.315. The van der Waals surface area contributed by atoms with Crippen LogP contribution in [-0.4, -0.2) is 42.9 Å². The molecule has 18 heavy (non-hydrogen) atoms. The second-order valence-corrected chi connectivity index (χ2v) is 6.64. The molecule has 0 aromatic heterocycles. The highest BCUT2D eigenvalue weighted by Crippen LogP contribution is 2.28. The van der Waals surface area contributed by atoms with Gasteiger partial charge in [0.15, 0.2) is 0 Å². The fourth-order valence-corrected chi connectivity index (χ4v) is 3.14. The number of nitrogens with zero attached hydrogens (tertiary/aromatic N) is 2. The summed E-state index contributed by atoms with van der Waals surface area (Å²) in [6, 6.07) is 0.0566. The normalized spacial score (nSPS) is 17.7. The SMILES string of the molecule is CC(C)CNS(=O)(=O)N(CCC(N)=NO)C1CC1. The average Bonchev–Trinajstić information content (AvgIpc) is 3.10. The summed E-state index contributed by atoms with van der Waals surface area (Å²) < 4.78 is 28.2. The summed E-state index contributed by atoms with van der Waals surface area (Å²) in [5.41, 5.74) is 5.37. The van der Waals surface area contributed by atoms with E-state index >= 15 is 0 Å². The molecule has 8 heteroatoms. The van der Waals surface area contributed by atoms with Crippen molar-refractivity contribution >= 4 is 16.0 Å². The van der Waals surface area contributed by atoms with Crippen molar-refractivity contribution in [2.24, 2.45) is 16.8 Å². The van der Waals surface area contributed by atoms with Crippen molar-refractivity contribution in [1.82, 2.24) is 9.03 Å². The van der Waals surface area contributed by atoms with E-state index in [1.807, 2.05) is 13.8 Å².